The lowest BCUT2D eigenvalue weighted by Crippen LogP contribution is -2.31. The van der Waals surface area contributed by atoms with Crippen LogP contribution in [0.3, 0.4) is 0 Å². The van der Waals surface area contributed by atoms with E-state index in [1.807, 2.05) is 0 Å². The first-order valence-electron chi connectivity index (χ1n) is 5.83. The molecule has 1 fully saturated rings. The summed E-state index contributed by atoms with van der Waals surface area (Å²) in [6.45, 7) is -0.0815. The van der Waals surface area contributed by atoms with Crippen molar-refractivity contribution in [1.29, 1.82) is 0 Å². The van der Waals surface area contributed by atoms with E-state index in [0.717, 1.165) is 18.9 Å². The number of rotatable bonds is 5. The molecule has 0 spiro atoms. The Labute approximate surface area is 108 Å². The van der Waals surface area contributed by atoms with E-state index in [0.29, 0.717) is 0 Å². The quantitative estimate of drug-likeness (QED) is 0.591. The molecule has 0 saturated heterocycles. The maximum atomic E-state index is 13.2. The first-order chi connectivity index (χ1) is 8.99. The zero-order valence-corrected chi connectivity index (χ0v) is 10.1. The van der Waals surface area contributed by atoms with Gasteiger partial charge in [0.2, 0.25) is 5.91 Å². The van der Waals surface area contributed by atoms with Crippen molar-refractivity contribution in [1.82, 2.24) is 5.32 Å². The molecule has 5 N–H and O–H groups in total. The molecule has 0 unspecified atom stereocenters. The molecule has 102 valence electrons. The normalized spacial score (nSPS) is 13.9. The Balaban J connectivity index is 2.08. The lowest BCUT2D eigenvalue weighted by molar-refractivity contribution is -0.119. The Kier molecular flexibility index (Phi) is 3.55. The van der Waals surface area contributed by atoms with Gasteiger partial charge in [-0.3, -0.25) is 4.79 Å². The molecule has 0 heterocycles. The minimum atomic E-state index is -1.35. The Bertz CT molecular complexity index is 529. The number of carboxylic acids is 1. The number of aromatic carboxylic acids is 1. The molecule has 0 radical (unpaired) electrons. The average molecular weight is 267 g/mol. The van der Waals surface area contributed by atoms with Crippen LogP contribution in [-0.4, -0.2) is 29.6 Å². The number of nitrogens with two attached hydrogens (primary N) is 1. The summed E-state index contributed by atoms with van der Waals surface area (Å²) in [4.78, 5) is 22.5. The lowest BCUT2D eigenvalue weighted by atomic mass is 10.1. The molecule has 19 heavy (non-hydrogen) atoms. The van der Waals surface area contributed by atoms with E-state index < -0.39 is 17.5 Å². The van der Waals surface area contributed by atoms with Crippen LogP contribution < -0.4 is 16.4 Å². The first kappa shape index (κ1) is 13.1. The van der Waals surface area contributed by atoms with Crippen LogP contribution in [0.25, 0.3) is 0 Å². The van der Waals surface area contributed by atoms with Crippen molar-refractivity contribution in [3.05, 3.63) is 23.5 Å². The number of halogens is 1. The molecule has 2 rings (SSSR count). The van der Waals surface area contributed by atoms with E-state index >= 15 is 0 Å². The van der Waals surface area contributed by atoms with Gasteiger partial charge in [0, 0.05) is 6.04 Å². The molecule has 0 aliphatic heterocycles. The third-order valence-corrected chi connectivity index (χ3v) is 2.79. The third kappa shape index (κ3) is 3.12. The Morgan fingerprint density at radius 1 is 1.42 bits per heavy atom. The van der Waals surface area contributed by atoms with Gasteiger partial charge >= 0.3 is 5.97 Å². The molecule has 1 aromatic carbocycles. The molecule has 7 heteroatoms. The second-order valence-electron chi connectivity index (χ2n) is 4.38. The van der Waals surface area contributed by atoms with Gasteiger partial charge in [0.1, 0.15) is 11.4 Å². The van der Waals surface area contributed by atoms with Gasteiger partial charge in [0.05, 0.1) is 17.9 Å². The van der Waals surface area contributed by atoms with Gasteiger partial charge in [-0.1, -0.05) is 0 Å². The molecular weight excluding hydrogens is 253 g/mol. The van der Waals surface area contributed by atoms with Crippen molar-refractivity contribution in [2.24, 2.45) is 0 Å². The van der Waals surface area contributed by atoms with Gasteiger partial charge in [0.15, 0.2) is 0 Å². The van der Waals surface area contributed by atoms with E-state index in [1.54, 1.807) is 0 Å². The highest BCUT2D eigenvalue weighted by atomic mass is 19.1. The van der Waals surface area contributed by atoms with Gasteiger partial charge in [-0.25, -0.2) is 9.18 Å². The molecule has 1 aliphatic rings. The van der Waals surface area contributed by atoms with Crippen LogP contribution in [0.4, 0.5) is 15.8 Å². The summed E-state index contributed by atoms with van der Waals surface area (Å²) in [5, 5.41) is 14.4. The highest BCUT2D eigenvalue weighted by molar-refractivity contribution is 6.00. The SMILES string of the molecule is Nc1c(F)ccc(NCC(=O)NC2CC2)c1C(=O)O. The molecule has 0 aromatic heterocycles. The second kappa shape index (κ2) is 5.13. The number of carbonyl (C=O) groups excluding carboxylic acids is 1. The fraction of sp³-hybridized carbons (Fsp3) is 0.333. The van der Waals surface area contributed by atoms with Crippen molar-refractivity contribution in [3.8, 4) is 0 Å². The van der Waals surface area contributed by atoms with E-state index in [-0.39, 0.29) is 29.7 Å². The number of benzene rings is 1. The van der Waals surface area contributed by atoms with Gasteiger partial charge in [-0.2, -0.15) is 0 Å². The number of anilines is 2. The van der Waals surface area contributed by atoms with Crippen LogP contribution in [0.5, 0.6) is 0 Å². The molecule has 0 atom stereocenters. The van der Waals surface area contributed by atoms with Crippen LogP contribution in [0.2, 0.25) is 0 Å². The monoisotopic (exact) mass is 267 g/mol. The Hall–Kier alpha value is -2.31. The number of nitrogen functional groups attached to an aromatic ring is 1. The van der Waals surface area contributed by atoms with Crippen LogP contribution in [0.15, 0.2) is 12.1 Å². The molecular formula is C12H14FN3O3. The highest BCUT2D eigenvalue weighted by Gasteiger charge is 2.23. The number of amides is 1. The van der Waals surface area contributed by atoms with Crippen LogP contribution in [0, 0.1) is 5.82 Å². The van der Waals surface area contributed by atoms with Crippen molar-refractivity contribution < 1.29 is 19.1 Å². The second-order valence-corrected chi connectivity index (χ2v) is 4.38. The lowest BCUT2D eigenvalue weighted by Gasteiger charge is -2.12. The summed E-state index contributed by atoms with van der Waals surface area (Å²) in [6.07, 6.45) is 1.94. The molecule has 0 bridgehead atoms. The van der Waals surface area contributed by atoms with Crippen molar-refractivity contribution >= 4 is 23.3 Å². The molecule has 1 amide bonds. The fourth-order valence-electron chi connectivity index (χ4n) is 1.65. The molecule has 1 aromatic rings. The van der Waals surface area contributed by atoms with Crippen molar-refractivity contribution in [3.63, 3.8) is 0 Å². The topological polar surface area (TPSA) is 104 Å². The molecule has 6 nitrogen and oxygen atoms in total. The summed E-state index contributed by atoms with van der Waals surface area (Å²) in [6, 6.07) is 2.54. The maximum Gasteiger partial charge on any atom is 0.340 e. The zero-order chi connectivity index (χ0) is 14.0. The van der Waals surface area contributed by atoms with E-state index in [1.165, 1.54) is 6.07 Å². The summed E-state index contributed by atoms with van der Waals surface area (Å²) in [5.41, 5.74) is 4.70. The Morgan fingerprint density at radius 2 is 2.11 bits per heavy atom. The highest BCUT2D eigenvalue weighted by Crippen LogP contribution is 2.25. The van der Waals surface area contributed by atoms with Gasteiger partial charge in [0.25, 0.3) is 0 Å². The minimum Gasteiger partial charge on any atom is -0.478 e. The predicted molar refractivity (Wildman–Crippen MR) is 67.4 cm³/mol. The minimum absolute atomic E-state index is 0.0815. The third-order valence-electron chi connectivity index (χ3n) is 2.79. The Morgan fingerprint density at radius 3 is 2.68 bits per heavy atom. The van der Waals surface area contributed by atoms with E-state index in [2.05, 4.69) is 10.6 Å². The van der Waals surface area contributed by atoms with E-state index in [9.17, 15) is 14.0 Å². The largest absolute Gasteiger partial charge is 0.478 e. The number of hydrogen-bond acceptors (Lipinski definition) is 4. The van der Waals surface area contributed by atoms with Crippen molar-refractivity contribution in [2.45, 2.75) is 18.9 Å². The predicted octanol–water partition coefficient (Wildman–Crippen LogP) is 0.797. The number of carbonyl (C=O) groups is 2. The first-order valence-corrected chi connectivity index (χ1v) is 5.83. The molecule has 1 aliphatic carbocycles. The van der Waals surface area contributed by atoms with Crippen molar-refractivity contribution in [2.75, 3.05) is 17.6 Å². The summed E-state index contributed by atoms with van der Waals surface area (Å²) < 4.78 is 13.2. The summed E-state index contributed by atoms with van der Waals surface area (Å²) in [7, 11) is 0. The molecule has 1 saturated carbocycles. The van der Waals surface area contributed by atoms with Crippen LogP contribution in [0.1, 0.15) is 23.2 Å². The number of carboxylic acid groups (broad SMARTS) is 1. The fourth-order valence-corrected chi connectivity index (χ4v) is 1.65. The summed E-state index contributed by atoms with van der Waals surface area (Å²) >= 11 is 0. The standard InChI is InChI=1S/C12H14FN3O3/c13-7-3-4-8(10(11(7)14)12(18)19)15-5-9(17)16-6-1-2-6/h3-4,6,15H,1-2,5,14H2,(H,16,17)(H,18,19). The van der Waals surface area contributed by atoms with Crippen LogP contribution >= 0.6 is 0 Å². The number of hydrogen-bond donors (Lipinski definition) is 4. The zero-order valence-electron chi connectivity index (χ0n) is 10.1. The smallest absolute Gasteiger partial charge is 0.340 e. The number of nitrogens with one attached hydrogen (secondary N) is 2. The van der Waals surface area contributed by atoms with Crippen LogP contribution in [-0.2, 0) is 4.79 Å². The summed E-state index contributed by atoms with van der Waals surface area (Å²) in [5.74, 6) is -2.38. The van der Waals surface area contributed by atoms with Gasteiger partial charge < -0.3 is 21.5 Å². The van der Waals surface area contributed by atoms with Gasteiger partial charge in [-0.15, -0.1) is 0 Å². The van der Waals surface area contributed by atoms with E-state index in [4.69, 9.17) is 10.8 Å². The average Bonchev–Trinajstić information content (AvgIpc) is 3.14. The van der Waals surface area contributed by atoms with Gasteiger partial charge in [-0.05, 0) is 25.0 Å². The maximum absolute atomic E-state index is 13.2.